The van der Waals surface area contributed by atoms with E-state index in [1.54, 1.807) is 6.92 Å². The van der Waals surface area contributed by atoms with Crippen molar-refractivity contribution in [1.82, 2.24) is 30.3 Å². The van der Waals surface area contributed by atoms with Gasteiger partial charge in [-0.2, -0.15) is 9.97 Å². The monoisotopic (exact) mass is 358 g/mol. The first-order valence-corrected chi connectivity index (χ1v) is 9.32. The fraction of sp³-hybridized carbons (Fsp3) is 0.647. The summed E-state index contributed by atoms with van der Waals surface area (Å²) in [5.74, 6) is 2.27. The highest BCUT2D eigenvalue weighted by molar-refractivity contribution is 5.50. The topological polar surface area (TPSA) is 118 Å². The number of nitrogens with two attached hydrogens (primary N) is 1. The summed E-state index contributed by atoms with van der Waals surface area (Å²) < 4.78 is 5.02. The fourth-order valence-electron chi connectivity index (χ4n) is 3.89. The van der Waals surface area contributed by atoms with Crippen molar-refractivity contribution < 1.29 is 4.52 Å². The fourth-order valence-corrected chi connectivity index (χ4v) is 3.89. The van der Waals surface area contributed by atoms with Gasteiger partial charge in [0.15, 0.2) is 5.82 Å². The quantitative estimate of drug-likeness (QED) is 0.718. The molecule has 1 fully saturated rings. The summed E-state index contributed by atoms with van der Waals surface area (Å²) in [6.45, 7) is 6.51. The third kappa shape index (κ3) is 3.78. The number of fused-ring (bicyclic) bond motifs is 1. The number of nitrogens with zero attached hydrogens (tertiary/aromatic N) is 5. The van der Waals surface area contributed by atoms with Gasteiger partial charge in [-0.25, -0.2) is 4.98 Å². The van der Waals surface area contributed by atoms with Crippen LogP contribution in [0.2, 0.25) is 0 Å². The molecule has 2 aromatic rings. The zero-order valence-corrected chi connectivity index (χ0v) is 15.2. The molecule has 0 spiro atoms. The Hall–Kier alpha value is -2.26. The molecule has 140 valence electrons. The minimum atomic E-state index is 0.311. The lowest BCUT2D eigenvalue weighted by molar-refractivity contribution is 0.169. The molecule has 0 bridgehead atoms. The maximum atomic E-state index is 5.95. The number of nitrogen functional groups attached to an aromatic ring is 1. The number of anilines is 2. The first-order valence-electron chi connectivity index (χ1n) is 9.32. The van der Waals surface area contributed by atoms with Crippen molar-refractivity contribution in [3.8, 4) is 0 Å². The number of piperidine rings is 1. The molecule has 1 saturated heterocycles. The molecule has 0 saturated carbocycles. The molecule has 9 heteroatoms. The Morgan fingerprint density at radius 2 is 2.00 bits per heavy atom. The number of nitrogens with one attached hydrogen (secondary N) is 2. The smallest absolute Gasteiger partial charge is 0.223 e. The van der Waals surface area contributed by atoms with Gasteiger partial charge in [0.2, 0.25) is 11.8 Å². The minimum Gasteiger partial charge on any atom is -0.368 e. The SMILES string of the molecule is Cc1nc(CNc2nc(N)nc3c2CCN(C2CCNCC2)CC3)no1. The first kappa shape index (κ1) is 17.2. The normalized spacial score (nSPS) is 19.1. The number of aryl methyl sites for hydroxylation is 1. The van der Waals surface area contributed by atoms with Gasteiger partial charge in [-0.15, -0.1) is 0 Å². The standard InChI is InChI=1S/C17H26N8O/c1-11-21-15(24-26-11)10-20-16-13-4-8-25(12-2-6-19-7-3-12)9-5-14(13)22-17(18)23-16/h12,19H,2-10H2,1H3,(H3,18,20,22,23). The molecule has 0 amide bonds. The van der Waals surface area contributed by atoms with Gasteiger partial charge in [0.05, 0.1) is 12.2 Å². The van der Waals surface area contributed by atoms with Crippen molar-refractivity contribution in [2.75, 3.05) is 37.2 Å². The Labute approximate surface area is 152 Å². The molecule has 9 nitrogen and oxygen atoms in total. The van der Waals surface area contributed by atoms with Crippen molar-refractivity contribution in [2.24, 2.45) is 0 Å². The molecule has 2 aliphatic rings. The van der Waals surface area contributed by atoms with Gasteiger partial charge in [-0.1, -0.05) is 5.16 Å². The van der Waals surface area contributed by atoms with Crippen molar-refractivity contribution >= 4 is 11.8 Å². The van der Waals surface area contributed by atoms with Gasteiger partial charge in [0.1, 0.15) is 5.82 Å². The summed E-state index contributed by atoms with van der Waals surface area (Å²) in [5.41, 5.74) is 8.17. The average Bonchev–Trinajstić information content (AvgIpc) is 2.94. The lowest BCUT2D eigenvalue weighted by atomic mass is 10.0. The predicted octanol–water partition coefficient (Wildman–Crippen LogP) is 0.515. The zero-order valence-electron chi connectivity index (χ0n) is 15.2. The van der Waals surface area contributed by atoms with Crippen LogP contribution < -0.4 is 16.4 Å². The Morgan fingerprint density at radius 3 is 2.77 bits per heavy atom. The molecule has 0 aliphatic carbocycles. The number of rotatable bonds is 4. The van der Waals surface area contributed by atoms with Gasteiger partial charge >= 0.3 is 0 Å². The Bertz CT molecular complexity index is 755. The molecule has 0 aromatic carbocycles. The van der Waals surface area contributed by atoms with E-state index in [1.807, 2.05) is 0 Å². The molecule has 4 N–H and O–H groups in total. The minimum absolute atomic E-state index is 0.311. The molecule has 0 atom stereocenters. The van der Waals surface area contributed by atoms with Crippen LogP contribution in [-0.4, -0.2) is 57.2 Å². The summed E-state index contributed by atoms with van der Waals surface area (Å²) in [6, 6.07) is 0.662. The van der Waals surface area contributed by atoms with E-state index in [1.165, 1.54) is 12.8 Å². The lowest BCUT2D eigenvalue weighted by Crippen LogP contribution is -2.44. The van der Waals surface area contributed by atoms with Crippen LogP contribution in [0.25, 0.3) is 0 Å². The molecule has 2 aromatic heterocycles. The Balaban J connectivity index is 1.49. The van der Waals surface area contributed by atoms with Crippen molar-refractivity contribution in [3.63, 3.8) is 0 Å². The van der Waals surface area contributed by atoms with Crippen LogP contribution in [-0.2, 0) is 19.4 Å². The number of hydrogen-bond donors (Lipinski definition) is 3. The highest BCUT2D eigenvalue weighted by Gasteiger charge is 2.25. The second-order valence-corrected chi connectivity index (χ2v) is 6.96. The third-order valence-corrected chi connectivity index (χ3v) is 5.20. The first-order chi connectivity index (χ1) is 12.7. The van der Waals surface area contributed by atoms with Gasteiger partial charge in [-0.05, 0) is 32.4 Å². The average molecular weight is 358 g/mol. The van der Waals surface area contributed by atoms with Gasteiger partial charge in [-0.3, -0.25) is 4.90 Å². The van der Waals surface area contributed by atoms with Crippen LogP contribution in [0, 0.1) is 6.92 Å². The molecule has 4 rings (SSSR count). The molecular weight excluding hydrogens is 332 g/mol. The van der Waals surface area contributed by atoms with Crippen LogP contribution in [0.5, 0.6) is 0 Å². The van der Waals surface area contributed by atoms with Crippen LogP contribution >= 0.6 is 0 Å². The van der Waals surface area contributed by atoms with Crippen molar-refractivity contribution in [2.45, 2.75) is 45.2 Å². The summed E-state index contributed by atoms with van der Waals surface area (Å²) >= 11 is 0. The van der Waals surface area contributed by atoms with Gasteiger partial charge < -0.3 is 20.9 Å². The summed E-state index contributed by atoms with van der Waals surface area (Å²) in [7, 11) is 0. The Morgan fingerprint density at radius 1 is 1.19 bits per heavy atom. The van der Waals surface area contributed by atoms with E-state index < -0.39 is 0 Å². The highest BCUT2D eigenvalue weighted by atomic mass is 16.5. The van der Waals surface area contributed by atoms with E-state index in [4.69, 9.17) is 10.3 Å². The number of aromatic nitrogens is 4. The molecule has 0 unspecified atom stereocenters. The van der Waals surface area contributed by atoms with Crippen molar-refractivity contribution in [3.05, 3.63) is 23.0 Å². The van der Waals surface area contributed by atoms with Crippen LogP contribution in [0.1, 0.15) is 35.8 Å². The Kier molecular flexibility index (Phi) is 4.98. The lowest BCUT2D eigenvalue weighted by Gasteiger charge is -2.33. The number of hydrogen-bond acceptors (Lipinski definition) is 9. The van der Waals surface area contributed by atoms with Gasteiger partial charge in [0, 0.05) is 38.0 Å². The largest absolute Gasteiger partial charge is 0.368 e. The molecule has 26 heavy (non-hydrogen) atoms. The van der Waals surface area contributed by atoms with E-state index in [2.05, 4.69) is 35.6 Å². The third-order valence-electron chi connectivity index (χ3n) is 5.20. The molecule has 2 aliphatic heterocycles. The zero-order chi connectivity index (χ0) is 17.9. The van der Waals surface area contributed by atoms with E-state index in [0.29, 0.717) is 30.3 Å². The summed E-state index contributed by atoms with van der Waals surface area (Å²) in [6.07, 6.45) is 4.26. The van der Waals surface area contributed by atoms with Crippen LogP contribution in [0.3, 0.4) is 0 Å². The molecule has 0 radical (unpaired) electrons. The molecule has 4 heterocycles. The van der Waals surface area contributed by atoms with Gasteiger partial charge in [0.25, 0.3) is 0 Å². The maximum Gasteiger partial charge on any atom is 0.223 e. The molecular formula is C17H26N8O. The second kappa shape index (κ2) is 7.55. The maximum absolute atomic E-state index is 5.95. The van der Waals surface area contributed by atoms with E-state index >= 15 is 0 Å². The van der Waals surface area contributed by atoms with Crippen LogP contribution in [0.15, 0.2) is 4.52 Å². The summed E-state index contributed by atoms with van der Waals surface area (Å²) in [4.78, 5) is 15.8. The van der Waals surface area contributed by atoms with E-state index in [9.17, 15) is 0 Å². The van der Waals surface area contributed by atoms with E-state index in [-0.39, 0.29) is 0 Å². The highest BCUT2D eigenvalue weighted by Crippen LogP contribution is 2.24. The van der Waals surface area contributed by atoms with E-state index in [0.717, 1.165) is 56.1 Å². The summed E-state index contributed by atoms with van der Waals surface area (Å²) in [5, 5.41) is 10.7. The second-order valence-electron chi connectivity index (χ2n) is 6.96. The van der Waals surface area contributed by atoms with Crippen molar-refractivity contribution in [1.29, 1.82) is 0 Å². The van der Waals surface area contributed by atoms with Crippen LogP contribution in [0.4, 0.5) is 11.8 Å². The predicted molar refractivity (Wildman–Crippen MR) is 97.7 cm³/mol.